The molecule has 108 valence electrons. The van der Waals surface area contributed by atoms with Crippen LogP contribution in [-0.2, 0) is 0 Å². The number of fused-ring (bicyclic) bond motifs is 3. The maximum atomic E-state index is 4.92. The minimum atomic E-state index is 0.562. The van der Waals surface area contributed by atoms with Crippen molar-refractivity contribution in [3.63, 3.8) is 0 Å². The second kappa shape index (κ2) is 5.30. The van der Waals surface area contributed by atoms with E-state index in [4.69, 9.17) is 4.99 Å². The molecule has 0 spiro atoms. The average Bonchev–Trinajstić information content (AvgIpc) is 3.12. The molecule has 2 atom stereocenters. The third kappa shape index (κ3) is 2.17. The van der Waals surface area contributed by atoms with Gasteiger partial charge in [-0.25, -0.2) is 0 Å². The number of likely N-dealkylation sites (N-methyl/N-ethyl adjacent to an activating group) is 1. The normalized spacial score (nSPS) is 31.9. The smallest absolute Gasteiger partial charge is 0.168 e. The van der Waals surface area contributed by atoms with E-state index in [1.807, 2.05) is 23.5 Å². The Kier molecular flexibility index (Phi) is 3.46. The van der Waals surface area contributed by atoms with Crippen LogP contribution in [0.4, 0.5) is 0 Å². The first-order valence-electron chi connectivity index (χ1n) is 7.44. The fraction of sp³-hybridized carbons (Fsp3) is 0.714. The van der Waals surface area contributed by atoms with Gasteiger partial charge < -0.3 is 9.80 Å². The van der Waals surface area contributed by atoms with Crippen LogP contribution in [0, 0.1) is 0 Å². The van der Waals surface area contributed by atoms with Gasteiger partial charge in [0, 0.05) is 25.0 Å². The molecule has 1 unspecified atom stereocenters. The molecule has 4 nitrogen and oxygen atoms in total. The first kappa shape index (κ1) is 13.1. The van der Waals surface area contributed by atoms with E-state index in [2.05, 4.69) is 27.2 Å². The van der Waals surface area contributed by atoms with E-state index in [9.17, 15) is 0 Å². The van der Waals surface area contributed by atoms with Crippen molar-refractivity contribution < 1.29 is 0 Å². The van der Waals surface area contributed by atoms with E-state index in [-0.39, 0.29) is 0 Å². The Morgan fingerprint density at radius 3 is 3.15 bits per heavy atom. The fourth-order valence-corrected chi connectivity index (χ4v) is 5.50. The van der Waals surface area contributed by atoms with Gasteiger partial charge in [-0.2, -0.15) is 0 Å². The number of rotatable bonds is 2. The third-order valence-corrected chi connectivity index (χ3v) is 6.52. The molecule has 20 heavy (non-hydrogen) atoms. The Labute approximate surface area is 128 Å². The zero-order valence-electron chi connectivity index (χ0n) is 11.8. The van der Waals surface area contributed by atoms with Gasteiger partial charge in [0.15, 0.2) is 10.3 Å². The van der Waals surface area contributed by atoms with Crippen LogP contribution in [0.25, 0.3) is 0 Å². The molecule has 0 aromatic carbocycles. The molecule has 3 heterocycles. The maximum Gasteiger partial charge on any atom is 0.168 e. The number of aliphatic imine (C=N–C) groups is 2. The van der Waals surface area contributed by atoms with Gasteiger partial charge in [-0.1, -0.05) is 36.4 Å². The lowest BCUT2D eigenvalue weighted by molar-refractivity contribution is 0.285. The number of thioether (sulfide) groups is 2. The van der Waals surface area contributed by atoms with Gasteiger partial charge in [-0.3, -0.25) is 9.98 Å². The summed E-state index contributed by atoms with van der Waals surface area (Å²) in [6.07, 6.45) is 5.30. The second-order valence-corrected chi connectivity index (χ2v) is 7.58. The van der Waals surface area contributed by atoms with Gasteiger partial charge >= 0.3 is 0 Å². The summed E-state index contributed by atoms with van der Waals surface area (Å²) in [7, 11) is 2.14. The molecule has 4 aliphatic rings. The largest absolute Gasteiger partial charge is 0.353 e. The quantitative estimate of drug-likeness (QED) is 0.785. The van der Waals surface area contributed by atoms with Gasteiger partial charge in [0.2, 0.25) is 0 Å². The lowest BCUT2D eigenvalue weighted by Gasteiger charge is -2.32. The molecule has 3 aliphatic heterocycles. The molecule has 4 rings (SSSR count). The van der Waals surface area contributed by atoms with E-state index in [0.29, 0.717) is 12.1 Å². The molecule has 0 aromatic rings. The molecule has 0 N–H and O–H groups in total. The van der Waals surface area contributed by atoms with E-state index >= 15 is 0 Å². The van der Waals surface area contributed by atoms with E-state index in [0.717, 1.165) is 18.8 Å². The standard InChI is InChI=1S/C14H20N4S2/c1-17-7-6-15-13(17)19-8-10-9-20-14-16-11-4-2-3-5-12(11)18(10)14/h9,11-12H,2-8H2,1H3/t11-,12?/m0/s1. The molecule has 0 radical (unpaired) electrons. The minimum Gasteiger partial charge on any atom is -0.353 e. The summed E-state index contributed by atoms with van der Waals surface area (Å²) in [5.41, 5.74) is 1.44. The minimum absolute atomic E-state index is 0.562. The lowest BCUT2D eigenvalue weighted by Crippen LogP contribution is -2.39. The summed E-state index contributed by atoms with van der Waals surface area (Å²) in [6.45, 7) is 2.02. The van der Waals surface area contributed by atoms with Crippen LogP contribution in [0.5, 0.6) is 0 Å². The molecule has 6 heteroatoms. The lowest BCUT2D eigenvalue weighted by atomic mass is 9.91. The van der Waals surface area contributed by atoms with Crippen LogP contribution in [-0.4, -0.2) is 58.1 Å². The highest BCUT2D eigenvalue weighted by molar-refractivity contribution is 8.17. The molecule has 1 fully saturated rings. The zero-order chi connectivity index (χ0) is 13.5. The van der Waals surface area contributed by atoms with Gasteiger partial charge in [-0.15, -0.1) is 0 Å². The van der Waals surface area contributed by atoms with Crippen molar-refractivity contribution in [3.05, 3.63) is 11.1 Å². The Hall–Kier alpha value is -0.620. The predicted molar refractivity (Wildman–Crippen MR) is 88.4 cm³/mol. The number of nitrogens with zero attached hydrogens (tertiary/aromatic N) is 4. The molecule has 0 aromatic heterocycles. The molecule has 1 saturated carbocycles. The predicted octanol–water partition coefficient (Wildman–Crippen LogP) is 2.59. The van der Waals surface area contributed by atoms with Gasteiger partial charge in [0.1, 0.15) is 0 Å². The first-order chi connectivity index (χ1) is 9.83. The molecule has 0 bridgehead atoms. The summed E-state index contributed by atoms with van der Waals surface area (Å²) >= 11 is 3.69. The fourth-order valence-electron chi connectivity index (χ4n) is 3.40. The monoisotopic (exact) mass is 308 g/mol. The topological polar surface area (TPSA) is 31.2 Å². The van der Waals surface area contributed by atoms with Crippen LogP contribution in [0.2, 0.25) is 0 Å². The molecular formula is C14H20N4S2. The van der Waals surface area contributed by atoms with Crippen molar-refractivity contribution >= 4 is 33.9 Å². The zero-order valence-corrected chi connectivity index (χ0v) is 13.4. The Bertz CT molecular complexity index is 499. The van der Waals surface area contributed by atoms with Crippen molar-refractivity contribution in [2.45, 2.75) is 37.8 Å². The summed E-state index contributed by atoms with van der Waals surface area (Å²) in [5, 5.41) is 4.74. The van der Waals surface area contributed by atoms with E-state index < -0.39 is 0 Å². The van der Waals surface area contributed by atoms with Crippen molar-refractivity contribution in [3.8, 4) is 0 Å². The third-order valence-electron chi connectivity index (χ3n) is 4.48. The van der Waals surface area contributed by atoms with Crippen LogP contribution < -0.4 is 0 Å². The highest BCUT2D eigenvalue weighted by Crippen LogP contribution is 2.41. The first-order valence-corrected chi connectivity index (χ1v) is 9.30. The molecule has 1 aliphatic carbocycles. The summed E-state index contributed by atoms with van der Waals surface area (Å²) < 4.78 is 0. The van der Waals surface area contributed by atoms with E-state index in [1.165, 1.54) is 41.7 Å². The maximum absolute atomic E-state index is 4.92. The molecule has 0 saturated heterocycles. The van der Waals surface area contributed by atoms with Gasteiger partial charge in [0.05, 0.1) is 18.6 Å². The summed E-state index contributed by atoms with van der Waals surface area (Å²) in [4.78, 5) is 14.3. The van der Waals surface area contributed by atoms with Gasteiger partial charge in [-0.05, 0) is 18.2 Å². The summed E-state index contributed by atoms with van der Waals surface area (Å²) in [5.74, 6) is 1.03. The Morgan fingerprint density at radius 2 is 2.30 bits per heavy atom. The SMILES string of the molecule is CN1CCN=C1SCC1=CSC2=N[C@H]3CCCCC3N12. The Balaban J connectivity index is 1.43. The highest BCUT2D eigenvalue weighted by Gasteiger charge is 2.41. The number of hydrogen-bond acceptors (Lipinski definition) is 6. The highest BCUT2D eigenvalue weighted by atomic mass is 32.2. The average molecular weight is 308 g/mol. The van der Waals surface area contributed by atoms with Gasteiger partial charge in [0.25, 0.3) is 0 Å². The van der Waals surface area contributed by atoms with Crippen LogP contribution in [0.1, 0.15) is 25.7 Å². The summed E-state index contributed by atoms with van der Waals surface area (Å²) in [6, 6.07) is 1.20. The van der Waals surface area contributed by atoms with E-state index in [1.54, 1.807) is 0 Å². The second-order valence-electron chi connectivity index (χ2n) is 5.80. The number of amidine groups is 2. The molecular weight excluding hydrogens is 288 g/mol. The van der Waals surface area contributed by atoms with Crippen LogP contribution >= 0.6 is 23.5 Å². The van der Waals surface area contributed by atoms with Crippen molar-refractivity contribution in [1.29, 1.82) is 0 Å². The van der Waals surface area contributed by atoms with Crippen molar-refractivity contribution in [2.75, 3.05) is 25.9 Å². The van der Waals surface area contributed by atoms with Crippen molar-refractivity contribution in [1.82, 2.24) is 9.80 Å². The van der Waals surface area contributed by atoms with Crippen LogP contribution in [0.3, 0.4) is 0 Å². The number of hydrogen-bond donors (Lipinski definition) is 0. The van der Waals surface area contributed by atoms with Crippen LogP contribution in [0.15, 0.2) is 21.1 Å². The molecule has 0 amide bonds. The van der Waals surface area contributed by atoms with Crippen molar-refractivity contribution in [2.24, 2.45) is 9.98 Å². The Morgan fingerprint density at radius 1 is 1.40 bits per heavy atom.